The van der Waals surface area contributed by atoms with Crippen LogP contribution in [0.3, 0.4) is 0 Å². The van der Waals surface area contributed by atoms with E-state index in [1.54, 1.807) is 11.1 Å². The summed E-state index contributed by atoms with van der Waals surface area (Å²) >= 11 is 0. The smallest absolute Gasteiger partial charge is 0.253 e. The SMILES string of the molecule is CCc1c(C(=O)NC[C@H]2CCC(=O)N(C)[C@@H]2c2nccn2C)ccn1C. The Labute approximate surface area is 154 Å². The highest BCUT2D eigenvalue weighted by molar-refractivity contribution is 5.95. The predicted octanol–water partition coefficient (Wildman–Crippen LogP) is 1.66. The van der Waals surface area contributed by atoms with Gasteiger partial charge < -0.3 is 19.4 Å². The van der Waals surface area contributed by atoms with Crippen LogP contribution in [0.15, 0.2) is 24.7 Å². The zero-order valence-electron chi connectivity index (χ0n) is 15.9. The van der Waals surface area contributed by atoms with Gasteiger partial charge in [-0.25, -0.2) is 4.98 Å². The van der Waals surface area contributed by atoms with E-state index >= 15 is 0 Å². The van der Waals surface area contributed by atoms with Crippen molar-refractivity contribution in [1.82, 2.24) is 24.3 Å². The van der Waals surface area contributed by atoms with Crippen molar-refractivity contribution >= 4 is 11.8 Å². The summed E-state index contributed by atoms with van der Waals surface area (Å²) < 4.78 is 3.93. The second-order valence-corrected chi connectivity index (χ2v) is 7.00. The van der Waals surface area contributed by atoms with Crippen molar-refractivity contribution in [2.24, 2.45) is 20.0 Å². The van der Waals surface area contributed by atoms with Gasteiger partial charge in [0.15, 0.2) is 0 Å². The third kappa shape index (κ3) is 3.25. The molecular formula is C19H27N5O2. The molecule has 2 aromatic rings. The van der Waals surface area contributed by atoms with Gasteiger partial charge in [-0.1, -0.05) is 6.92 Å². The summed E-state index contributed by atoms with van der Waals surface area (Å²) in [5.74, 6) is 1.06. The summed E-state index contributed by atoms with van der Waals surface area (Å²) in [6.45, 7) is 2.57. The molecule has 0 aliphatic carbocycles. The van der Waals surface area contributed by atoms with Crippen molar-refractivity contribution < 1.29 is 9.59 Å². The van der Waals surface area contributed by atoms with Crippen LogP contribution in [-0.2, 0) is 25.3 Å². The Morgan fingerprint density at radius 3 is 2.69 bits per heavy atom. The molecule has 1 saturated heterocycles. The molecule has 3 rings (SSSR count). The molecule has 0 bridgehead atoms. The first kappa shape index (κ1) is 18.2. The number of likely N-dealkylation sites (tertiary alicyclic amines) is 1. The number of aryl methyl sites for hydroxylation is 2. The molecule has 1 N–H and O–H groups in total. The van der Waals surface area contributed by atoms with Crippen molar-refractivity contribution in [3.63, 3.8) is 0 Å². The van der Waals surface area contributed by atoms with E-state index in [-0.39, 0.29) is 23.8 Å². The van der Waals surface area contributed by atoms with Crippen molar-refractivity contribution in [2.45, 2.75) is 32.2 Å². The van der Waals surface area contributed by atoms with E-state index in [2.05, 4.69) is 10.3 Å². The number of amides is 2. The van der Waals surface area contributed by atoms with Crippen molar-refractivity contribution in [3.8, 4) is 0 Å². The number of nitrogens with one attached hydrogen (secondary N) is 1. The number of carbonyl (C=O) groups is 2. The zero-order valence-corrected chi connectivity index (χ0v) is 15.9. The Bertz CT molecular complexity index is 807. The van der Waals surface area contributed by atoms with Gasteiger partial charge in [0, 0.05) is 64.3 Å². The standard InChI is InChI=1S/C19H27N5O2/c1-5-15-14(8-10-22(15)2)19(26)21-12-13-6-7-16(25)24(4)17(13)18-20-9-11-23(18)3/h8-11,13,17H,5-7,12H2,1-4H3,(H,21,26)/t13-,17+/m1/s1. The second-order valence-electron chi connectivity index (χ2n) is 7.00. The van der Waals surface area contributed by atoms with Crippen LogP contribution in [0.4, 0.5) is 0 Å². The van der Waals surface area contributed by atoms with E-state index in [1.807, 2.05) is 55.7 Å². The van der Waals surface area contributed by atoms with Crippen LogP contribution in [0, 0.1) is 5.92 Å². The summed E-state index contributed by atoms with van der Waals surface area (Å²) in [4.78, 5) is 31.1. The van der Waals surface area contributed by atoms with E-state index in [4.69, 9.17) is 0 Å². The van der Waals surface area contributed by atoms with Crippen LogP contribution >= 0.6 is 0 Å². The summed E-state index contributed by atoms with van der Waals surface area (Å²) in [6.07, 6.45) is 7.60. The molecule has 2 amide bonds. The highest BCUT2D eigenvalue weighted by Crippen LogP contribution is 2.34. The number of aromatic nitrogens is 3. The number of rotatable bonds is 5. The third-order valence-corrected chi connectivity index (χ3v) is 5.41. The van der Waals surface area contributed by atoms with Gasteiger partial charge in [-0.15, -0.1) is 0 Å². The Morgan fingerprint density at radius 2 is 2.04 bits per heavy atom. The molecule has 1 aliphatic heterocycles. The van der Waals surface area contributed by atoms with Gasteiger partial charge in [0.05, 0.1) is 11.6 Å². The maximum Gasteiger partial charge on any atom is 0.253 e. The van der Waals surface area contributed by atoms with Gasteiger partial charge in [-0.05, 0) is 18.9 Å². The molecule has 1 aliphatic rings. The second kappa shape index (κ2) is 7.35. The summed E-state index contributed by atoms with van der Waals surface area (Å²) in [6, 6.07) is 1.74. The average molecular weight is 357 g/mol. The fraction of sp³-hybridized carbons (Fsp3) is 0.526. The molecule has 0 aromatic carbocycles. The average Bonchev–Trinajstić information content (AvgIpc) is 3.21. The lowest BCUT2D eigenvalue weighted by Gasteiger charge is -2.38. The number of piperidine rings is 1. The number of carbonyl (C=O) groups excluding carboxylic acids is 2. The molecule has 0 radical (unpaired) electrons. The van der Waals surface area contributed by atoms with Gasteiger partial charge in [-0.3, -0.25) is 9.59 Å². The molecule has 0 unspecified atom stereocenters. The van der Waals surface area contributed by atoms with Crippen LogP contribution in [0.25, 0.3) is 0 Å². The van der Waals surface area contributed by atoms with E-state index in [9.17, 15) is 9.59 Å². The third-order valence-electron chi connectivity index (χ3n) is 5.41. The predicted molar refractivity (Wildman–Crippen MR) is 98.6 cm³/mol. The first-order valence-electron chi connectivity index (χ1n) is 9.09. The summed E-state index contributed by atoms with van der Waals surface area (Å²) in [5.41, 5.74) is 1.75. The molecule has 3 heterocycles. The minimum Gasteiger partial charge on any atom is -0.354 e. The molecule has 26 heavy (non-hydrogen) atoms. The lowest BCUT2D eigenvalue weighted by Crippen LogP contribution is -2.45. The Hall–Kier alpha value is -2.57. The van der Waals surface area contributed by atoms with Crippen LogP contribution < -0.4 is 5.32 Å². The Morgan fingerprint density at radius 1 is 1.27 bits per heavy atom. The van der Waals surface area contributed by atoms with E-state index in [1.165, 1.54) is 0 Å². The Balaban J connectivity index is 1.76. The first-order valence-corrected chi connectivity index (χ1v) is 9.09. The van der Waals surface area contributed by atoms with E-state index in [0.29, 0.717) is 13.0 Å². The fourth-order valence-corrected chi connectivity index (χ4v) is 3.90. The van der Waals surface area contributed by atoms with Crippen molar-refractivity contribution in [1.29, 1.82) is 0 Å². The molecule has 7 heteroatoms. The van der Waals surface area contributed by atoms with Crippen molar-refractivity contribution in [2.75, 3.05) is 13.6 Å². The van der Waals surface area contributed by atoms with Crippen LogP contribution in [0.5, 0.6) is 0 Å². The maximum atomic E-state index is 12.7. The van der Waals surface area contributed by atoms with Gasteiger partial charge >= 0.3 is 0 Å². The van der Waals surface area contributed by atoms with Gasteiger partial charge in [0.1, 0.15) is 5.82 Å². The maximum absolute atomic E-state index is 12.7. The first-order chi connectivity index (χ1) is 12.4. The molecule has 0 spiro atoms. The van der Waals surface area contributed by atoms with Gasteiger partial charge in [-0.2, -0.15) is 0 Å². The minimum atomic E-state index is -0.127. The van der Waals surface area contributed by atoms with Crippen LogP contribution in [-0.4, -0.2) is 44.4 Å². The lowest BCUT2D eigenvalue weighted by atomic mass is 9.88. The topological polar surface area (TPSA) is 72.2 Å². The lowest BCUT2D eigenvalue weighted by molar-refractivity contribution is -0.137. The quantitative estimate of drug-likeness (QED) is 0.885. The largest absolute Gasteiger partial charge is 0.354 e. The highest BCUT2D eigenvalue weighted by Gasteiger charge is 2.37. The summed E-state index contributed by atoms with van der Waals surface area (Å²) in [5, 5.41) is 3.08. The number of hydrogen-bond acceptors (Lipinski definition) is 3. The summed E-state index contributed by atoms with van der Waals surface area (Å²) in [7, 11) is 5.71. The fourth-order valence-electron chi connectivity index (χ4n) is 3.90. The minimum absolute atomic E-state index is 0.0550. The molecule has 7 nitrogen and oxygen atoms in total. The number of imidazole rings is 1. The normalized spacial score (nSPS) is 20.5. The Kier molecular flexibility index (Phi) is 5.15. The molecule has 2 aromatic heterocycles. The monoisotopic (exact) mass is 357 g/mol. The molecule has 1 fully saturated rings. The van der Waals surface area contributed by atoms with E-state index in [0.717, 1.165) is 29.9 Å². The molecule has 0 saturated carbocycles. The highest BCUT2D eigenvalue weighted by atomic mass is 16.2. The van der Waals surface area contributed by atoms with Crippen LogP contribution in [0.1, 0.15) is 47.7 Å². The zero-order chi connectivity index (χ0) is 18.8. The number of nitrogens with zero attached hydrogens (tertiary/aromatic N) is 4. The number of hydrogen-bond donors (Lipinski definition) is 1. The van der Waals surface area contributed by atoms with Crippen LogP contribution in [0.2, 0.25) is 0 Å². The molecule has 2 atom stereocenters. The van der Waals surface area contributed by atoms with E-state index < -0.39 is 0 Å². The van der Waals surface area contributed by atoms with Gasteiger partial charge in [0.25, 0.3) is 5.91 Å². The molecule has 140 valence electrons. The van der Waals surface area contributed by atoms with Gasteiger partial charge in [0.2, 0.25) is 5.91 Å². The molecular weight excluding hydrogens is 330 g/mol. The van der Waals surface area contributed by atoms with Crippen molar-refractivity contribution in [3.05, 3.63) is 41.7 Å².